The van der Waals surface area contributed by atoms with Crippen molar-refractivity contribution in [2.45, 2.75) is 30.8 Å². The van der Waals surface area contributed by atoms with Crippen molar-refractivity contribution in [3.63, 3.8) is 0 Å². The van der Waals surface area contributed by atoms with E-state index in [0.717, 1.165) is 12.8 Å². The third-order valence-corrected chi connectivity index (χ3v) is 4.20. The molecule has 2 heterocycles. The summed E-state index contributed by atoms with van der Waals surface area (Å²) in [6.45, 7) is 0.393. The molecule has 1 saturated carbocycles. The SMILES string of the molecule is NC1(C(=O)O)CCN(C(=O)c2cc(Cl)cn2C2CC2)C1. The highest BCUT2D eigenvalue weighted by Crippen LogP contribution is 2.38. The number of carboxylic acid groups (broad SMARTS) is 1. The van der Waals surface area contributed by atoms with Gasteiger partial charge in [0.05, 0.1) is 5.02 Å². The van der Waals surface area contributed by atoms with Gasteiger partial charge >= 0.3 is 5.97 Å². The summed E-state index contributed by atoms with van der Waals surface area (Å²) >= 11 is 5.98. The molecule has 20 heavy (non-hydrogen) atoms. The van der Waals surface area contributed by atoms with E-state index in [1.165, 1.54) is 4.90 Å². The number of hydrogen-bond acceptors (Lipinski definition) is 3. The van der Waals surface area contributed by atoms with E-state index < -0.39 is 11.5 Å². The Bertz CT molecular complexity index is 581. The molecule has 3 rings (SSSR count). The molecule has 3 N–H and O–H groups in total. The number of hydrogen-bond donors (Lipinski definition) is 2. The van der Waals surface area contributed by atoms with Gasteiger partial charge in [-0.3, -0.25) is 9.59 Å². The lowest BCUT2D eigenvalue weighted by atomic mass is 10.0. The van der Waals surface area contributed by atoms with Crippen LogP contribution in [0.4, 0.5) is 0 Å². The summed E-state index contributed by atoms with van der Waals surface area (Å²) in [5.41, 5.74) is 4.98. The fourth-order valence-electron chi connectivity index (χ4n) is 2.61. The monoisotopic (exact) mass is 297 g/mol. The molecule has 0 bridgehead atoms. The maximum Gasteiger partial charge on any atom is 0.325 e. The first-order valence-electron chi connectivity index (χ1n) is 6.60. The van der Waals surface area contributed by atoms with Gasteiger partial charge in [0.15, 0.2) is 0 Å². The Kier molecular flexibility index (Phi) is 3.02. The fraction of sp³-hybridized carbons (Fsp3) is 0.538. The molecule has 1 aromatic rings. The lowest BCUT2D eigenvalue weighted by molar-refractivity contribution is -0.142. The number of amides is 1. The molecule has 1 aliphatic heterocycles. The fourth-order valence-corrected chi connectivity index (χ4v) is 2.82. The molecular formula is C13H16ClN3O3. The van der Waals surface area contributed by atoms with E-state index in [2.05, 4.69) is 0 Å². The predicted octanol–water partition coefficient (Wildman–Crippen LogP) is 1.10. The van der Waals surface area contributed by atoms with Crippen molar-refractivity contribution in [2.24, 2.45) is 5.73 Å². The van der Waals surface area contributed by atoms with E-state index in [9.17, 15) is 9.59 Å². The molecule has 1 unspecified atom stereocenters. The third kappa shape index (κ3) is 2.19. The van der Waals surface area contributed by atoms with E-state index in [0.29, 0.717) is 23.3 Å². The first kappa shape index (κ1) is 13.5. The molecule has 1 aliphatic carbocycles. The lowest BCUT2D eigenvalue weighted by Gasteiger charge is -2.20. The van der Waals surface area contributed by atoms with Crippen LogP contribution in [0.2, 0.25) is 5.02 Å². The highest BCUT2D eigenvalue weighted by atomic mass is 35.5. The van der Waals surface area contributed by atoms with Gasteiger partial charge in [-0.05, 0) is 25.3 Å². The van der Waals surface area contributed by atoms with E-state index in [-0.39, 0.29) is 18.9 Å². The number of carbonyl (C=O) groups is 2. The van der Waals surface area contributed by atoms with Crippen LogP contribution >= 0.6 is 11.6 Å². The minimum Gasteiger partial charge on any atom is -0.480 e. The molecule has 1 amide bonds. The van der Waals surface area contributed by atoms with Crippen LogP contribution in [-0.4, -0.2) is 45.1 Å². The van der Waals surface area contributed by atoms with Crippen LogP contribution in [0, 0.1) is 0 Å². The van der Waals surface area contributed by atoms with Crippen molar-refractivity contribution in [2.75, 3.05) is 13.1 Å². The van der Waals surface area contributed by atoms with Gasteiger partial charge in [-0.15, -0.1) is 0 Å². The molecule has 0 spiro atoms. The molecule has 1 saturated heterocycles. The van der Waals surface area contributed by atoms with Crippen LogP contribution in [0.3, 0.4) is 0 Å². The van der Waals surface area contributed by atoms with Gasteiger partial charge in [0.2, 0.25) is 0 Å². The van der Waals surface area contributed by atoms with Crippen LogP contribution in [0.15, 0.2) is 12.3 Å². The van der Waals surface area contributed by atoms with Gasteiger partial charge in [0, 0.05) is 25.3 Å². The molecule has 108 valence electrons. The summed E-state index contributed by atoms with van der Waals surface area (Å²) in [5, 5.41) is 9.63. The summed E-state index contributed by atoms with van der Waals surface area (Å²) in [6.07, 6.45) is 4.11. The van der Waals surface area contributed by atoms with Crippen LogP contribution in [0.25, 0.3) is 0 Å². The van der Waals surface area contributed by atoms with Crippen molar-refractivity contribution >= 4 is 23.5 Å². The zero-order valence-corrected chi connectivity index (χ0v) is 11.6. The van der Waals surface area contributed by atoms with Crippen LogP contribution in [0.5, 0.6) is 0 Å². The molecule has 2 fully saturated rings. The van der Waals surface area contributed by atoms with Gasteiger partial charge in [0.25, 0.3) is 5.91 Å². The van der Waals surface area contributed by atoms with E-state index in [1.54, 1.807) is 12.3 Å². The van der Waals surface area contributed by atoms with Gasteiger partial charge in [0.1, 0.15) is 11.2 Å². The minimum atomic E-state index is -1.34. The van der Waals surface area contributed by atoms with Gasteiger partial charge < -0.3 is 20.3 Å². The lowest BCUT2D eigenvalue weighted by Crippen LogP contribution is -2.50. The number of nitrogens with zero attached hydrogens (tertiary/aromatic N) is 2. The zero-order chi connectivity index (χ0) is 14.5. The Balaban J connectivity index is 1.82. The topological polar surface area (TPSA) is 88.6 Å². The van der Waals surface area contributed by atoms with Gasteiger partial charge in [-0.2, -0.15) is 0 Å². The second-order valence-corrected chi connectivity index (χ2v) is 6.06. The highest BCUT2D eigenvalue weighted by molar-refractivity contribution is 6.31. The number of halogens is 1. The number of carbonyl (C=O) groups excluding carboxylic acids is 1. The maximum atomic E-state index is 12.5. The molecular weight excluding hydrogens is 282 g/mol. The van der Waals surface area contributed by atoms with E-state index in [4.69, 9.17) is 22.4 Å². The van der Waals surface area contributed by atoms with Gasteiger partial charge in [-0.1, -0.05) is 11.6 Å². The molecule has 1 aromatic heterocycles. The average molecular weight is 298 g/mol. The van der Waals surface area contributed by atoms with Crippen molar-refractivity contribution in [3.05, 3.63) is 23.0 Å². The van der Waals surface area contributed by atoms with Crippen molar-refractivity contribution in [3.8, 4) is 0 Å². The number of aromatic nitrogens is 1. The summed E-state index contributed by atoms with van der Waals surface area (Å²) in [4.78, 5) is 25.1. The predicted molar refractivity (Wildman–Crippen MR) is 72.8 cm³/mol. The first-order chi connectivity index (χ1) is 9.40. The second-order valence-electron chi connectivity index (χ2n) is 5.62. The minimum absolute atomic E-state index is 0.0363. The third-order valence-electron chi connectivity index (χ3n) is 3.99. The molecule has 1 atom stereocenters. The van der Waals surface area contributed by atoms with Crippen LogP contribution in [0.1, 0.15) is 35.8 Å². The summed E-state index contributed by atoms with van der Waals surface area (Å²) < 4.78 is 1.89. The summed E-state index contributed by atoms with van der Waals surface area (Å²) in [7, 11) is 0. The van der Waals surface area contributed by atoms with E-state index in [1.807, 2.05) is 4.57 Å². The van der Waals surface area contributed by atoms with E-state index >= 15 is 0 Å². The molecule has 2 aliphatic rings. The van der Waals surface area contributed by atoms with Crippen molar-refractivity contribution in [1.29, 1.82) is 0 Å². The normalized spacial score (nSPS) is 26.0. The van der Waals surface area contributed by atoms with Crippen LogP contribution in [-0.2, 0) is 4.79 Å². The van der Waals surface area contributed by atoms with Crippen molar-refractivity contribution < 1.29 is 14.7 Å². The standard InChI is InChI=1S/C13H16ClN3O3/c14-8-5-10(17(6-8)9-1-2-9)11(18)16-4-3-13(15,7-16)12(19)20/h5-6,9H,1-4,7,15H2,(H,19,20). The quantitative estimate of drug-likeness (QED) is 0.874. The Hall–Kier alpha value is -1.53. The maximum absolute atomic E-state index is 12.5. The smallest absolute Gasteiger partial charge is 0.325 e. The number of carboxylic acids is 1. The van der Waals surface area contributed by atoms with Gasteiger partial charge in [-0.25, -0.2) is 0 Å². The second kappa shape index (κ2) is 4.49. The van der Waals surface area contributed by atoms with Crippen molar-refractivity contribution in [1.82, 2.24) is 9.47 Å². The summed E-state index contributed by atoms with van der Waals surface area (Å²) in [5.74, 6) is -1.26. The molecule has 6 nitrogen and oxygen atoms in total. The Morgan fingerprint density at radius 2 is 2.15 bits per heavy atom. The first-order valence-corrected chi connectivity index (χ1v) is 6.97. The Morgan fingerprint density at radius 1 is 1.45 bits per heavy atom. The number of aliphatic carboxylic acids is 1. The van der Waals surface area contributed by atoms with Crippen LogP contribution < -0.4 is 5.73 Å². The Morgan fingerprint density at radius 3 is 2.70 bits per heavy atom. The summed E-state index contributed by atoms with van der Waals surface area (Å²) in [6, 6.07) is 1.98. The zero-order valence-electron chi connectivity index (χ0n) is 10.9. The average Bonchev–Trinajstić information content (AvgIpc) is 3.05. The molecule has 0 aromatic carbocycles. The Labute approximate surface area is 121 Å². The number of likely N-dealkylation sites (tertiary alicyclic amines) is 1. The largest absolute Gasteiger partial charge is 0.480 e. The molecule has 0 radical (unpaired) electrons. The number of rotatable bonds is 3. The highest BCUT2D eigenvalue weighted by Gasteiger charge is 2.43. The molecule has 7 heteroatoms. The number of nitrogens with two attached hydrogens (primary N) is 1.